The topological polar surface area (TPSA) is 12.9 Å². The van der Waals surface area contributed by atoms with Crippen molar-refractivity contribution in [2.45, 2.75) is 129 Å². The highest BCUT2D eigenvalue weighted by Gasteiger charge is 2.08. The summed E-state index contributed by atoms with van der Waals surface area (Å²) in [4.78, 5) is 5.04. The molecule has 0 N–H and O–H groups in total. The van der Waals surface area contributed by atoms with Gasteiger partial charge in [0.05, 0.1) is 15.2 Å². The molecule has 0 aliphatic heterocycles. The Labute approximate surface area is 184 Å². The molecule has 1 aromatic heterocycles. The Kier molecular flexibility index (Phi) is 13.4. The first-order chi connectivity index (χ1) is 14.3. The van der Waals surface area contributed by atoms with E-state index in [0.29, 0.717) is 0 Å². The summed E-state index contributed by atoms with van der Waals surface area (Å²) in [7, 11) is 0. The van der Waals surface area contributed by atoms with E-state index in [1.807, 2.05) is 11.3 Å². The van der Waals surface area contributed by atoms with Crippen LogP contribution in [0.3, 0.4) is 0 Å². The van der Waals surface area contributed by atoms with Crippen LogP contribution >= 0.6 is 11.3 Å². The van der Waals surface area contributed by atoms with Gasteiger partial charge in [-0.3, -0.25) is 0 Å². The SMILES string of the molecule is CCCCCCCCCCc1nc2c(CCCCCCCCCC)cccc2s1. The molecule has 0 spiro atoms. The molecule has 0 aliphatic rings. The average molecular weight is 416 g/mol. The molecule has 0 fully saturated rings. The maximum absolute atomic E-state index is 5.04. The number of benzene rings is 1. The predicted octanol–water partition coefficient (Wildman–Crippen LogP) is 9.66. The Morgan fingerprint density at radius 1 is 0.621 bits per heavy atom. The summed E-state index contributed by atoms with van der Waals surface area (Å²) in [5.74, 6) is 0. The highest BCUT2D eigenvalue weighted by molar-refractivity contribution is 7.18. The standard InChI is InChI=1S/C27H45NS/c1-3-5-7-9-11-13-15-17-20-24-21-19-22-25-27(24)28-26(29-25)23-18-16-14-12-10-8-6-4-2/h19,21-22H,3-18,20,23H2,1-2H3. The predicted molar refractivity (Wildman–Crippen MR) is 132 cm³/mol. The fourth-order valence-electron chi connectivity index (χ4n) is 4.22. The lowest BCUT2D eigenvalue weighted by molar-refractivity contribution is 0.575. The number of nitrogens with zero attached hydrogens (tertiary/aromatic N) is 1. The van der Waals surface area contributed by atoms with Crippen molar-refractivity contribution >= 4 is 21.6 Å². The van der Waals surface area contributed by atoms with Gasteiger partial charge in [-0.25, -0.2) is 4.98 Å². The molecular formula is C27H45NS. The highest BCUT2D eigenvalue weighted by atomic mass is 32.1. The zero-order valence-electron chi connectivity index (χ0n) is 19.3. The molecule has 2 rings (SSSR count). The van der Waals surface area contributed by atoms with Gasteiger partial charge in [0.1, 0.15) is 0 Å². The second-order valence-corrected chi connectivity index (χ2v) is 9.94. The van der Waals surface area contributed by atoms with Crippen molar-refractivity contribution in [3.05, 3.63) is 28.8 Å². The monoisotopic (exact) mass is 415 g/mol. The number of thiazole rings is 1. The van der Waals surface area contributed by atoms with Crippen molar-refractivity contribution in [2.75, 3.05) is 0 Å². The van der Waals surface area contributed by atoms with Crippen molar-refractivity contribution < 1.29 is 0 Å². The van der Waals surface area contributed by atoms with Gasteiger partial charge in [0, 0.05) is 0 Å². The number of hydrogen-bond acceptors (Lipinski definition) is 2. The largest absolute Gasteiger partial charge is 0.241 e. The van der Waals surface area contributed by atoms with Crippen LogP contribution in [-0.4, -0.2) is 4.98 Å². The van der Waals surface area contributed by atoms with Crippen LogP contribution in [0.4, 0.5) is 0 Å². The molecular weight excluding hydrogens is 370 g/mol. The van der Waals surface area contributed by atoms with Gasteiger partial charge in [-0.15, -0.1) is 11.3 Å². The van der Waals surface area contributed by atoms with E-state index < -0.39 is 0 Å². The second kappa shape index (κ2) is 15.9. The van der Waals surface area contributed by atoms with Crippen LogP contribution in [0.1, 0.15) is 127 Å². The third kappa shape index (κ3) is 10.1. The lowest BCUT2D eigenvalue weighted by atomic mass is 10.0. The van der Waals surface area contributed by atoms with E-state index in [1.54, 1.807) is 0 Å². The first kappa shape index (κ1) is 24.4. The Balaban J connectivity index is 1.66. The summed E-state index contributed by atoms with van der Waals surface area (Å²) in [5, 5.41) is 1.36. The molecule has 0 atom stereocenters. The Bertz CT molecular complexity index is 645. The van der Waals surface area contributed by atoms with E-state index in [2.05, 4.69) is 32.0 Å². The molecule has 0 unspecified atom stereocenters. The van der Waals surface area contributed by atoms with Crippen LogP contribution in [0.2, 0.25) is 0 Å². The number of para-hydroxylation sites is 1. The lowest BCUT2D eigenvalue weighted by Crippen LogP contribution is -1.89. The maximum Gasteiger partial charge on any atom is 0.0938 e. The van der Waals surface area contributed by atoms with Gasteiger partial charge in [0.2, 0.25) is 0 Å². The molecule has 2 aromatic rings. The van der Waals surface area contributed by atoms with E-state index >= 15 is 0 Å². The lowest BCUT2D eigenvalue weighted by Gasteiger charge is -2.03. The van der Waals surface area contributed by atoms with Gasteiger partial charge in [0.15, 0.2) is 0 Å². The third-order valence-corrected chi connectivity index (χ3v) is 7.17. The molecule has 0 radical (unpaired) electrons. The smallest absolute Gasteiger partial charge is 0.0938 e. The van der Waals surface area contributed by atoms with E-state index in [9.17, 15) is 0 Å². The van der Waals surface area contributed by atoms with Crippen molar-refractivity contribution in [1.29, 1.82) is 0 Å². The van der Waals surface area contributed by atoms with E-state index in [4.69, 9.17) is 4.98 Å². The van der Waals surface area contributed by atoms with Crippen LogP contribution in [0.15, 0.2) is 18.2 Å². The number of hydrogen-bond donors (Lipinski definition) is 0. The molecule has 2 heteroatoms. The van der Waals surface area contributed by atoms with Gasteiger partial charge < -0.3 is 0 Å². The number of fused-ring (bicyclic) bond motifs is 1. The summed E-state index contributed by atoms with van der Waals surface area (Å²) in [6, 6.07) is 6.81. The minimum atomic E-state index is 1.17. The van der Waals surface area contributed by atoms with Gasteiger partial charge in [-0.2, -0.15) is 0 Å². The average Bonchev–Trinajstić information content (AvgIpc) is 3.15. The first-order valence-electron chi connectivity index (χ1n) is 12.7. The molecule has 0 saturated carbocycles. The van der Waals surface area contributed by atoms with Crippen LogP contribution in [0.5, 0.6) is 0 Å². The van der Waals surface area contributed by atoms with E-state index in [0.717, 1.165) is 0 Å². The van der Waals surface area contributed by atoms with E-state index in [-0.39, 0.29) is 0 Å². The zero-order chi connectivity index (χ0) is 20.6. The van der Waals surface area contributed by atoms with Gasteiger partial charge in [-0.1, -0.05) is 116 Å². The summed E-state index contributed by atoms with van der Waals surface area (Å²) in [5.41, 5.74) is 2.78. The quantitative estimate of drug-likeness (QED) is 0.221. The van der Waals surface area contributed by atoms with Crippen molar-refractivity contribution in [3.63, 3.8) is 0 Å². The highest BCUT2D eigenvalue weighted by Crippen LogP contribution is 2.27. The summed E-state index contributed by atoms with van der Waals surface area (Å²) < 4.78 is 1.40. The zero-order valence-corrected chi connectivity index (χ0v) is 20.1. The Morgan fingerprint density at radius 3 is 1.72 bits per heavy atom. The number of rotatable bonds is 18. The molecule has 1 heterocycles. The Hall–Kier alpha value is -0.890. The van der Waals surface area contributed by atoms with Crippen LogP contribution < -0.4 is 0 Å². The number of aromatic nitrogens is 1. The fourth-order valence-corrected chi connectivity index (χ4v) is 5.28. The molecule has 0 amide bonds. The number of unbranched alkanes of at least 4 members (excludes halogenated alkanes) is 14. The summed E-state index contributed by atoms with van der Waals surface area (Å²) in [6.07, 6.45) is 24.6. The van der Waals surface area contributed by atoms with Crippen LogP contribution in [-0.2, 0) is 12.8 Å². The maximum atomic E-state index is 5.04. The molecule has 0 aliphatic carbocycles. The summed E-state index contributed by atoms with van der Waals surface area (Å²) >= 11 is 1.93. The van der Waals surface area contributed by atoms with Gasteiger partial charge >= 0.3 is 0 Å². The summed E-state index contributed by atoms with van der Waals surface area (Å²) in [6.45, 7) is 4.58. The molecule has 1 aromatic carbocycles. The minimum absolute atomic E-state index is 1.17. The van der Waals surface area contributed by atoms with Gasteiger partial charge in [0.25, 0.3) is 0 Å². The number of aryl methyl sites for hydroxylation is 2. The van der Waals surface area contributed by atoms with Crippen molar-refractivity contribution in [3.8, 4) is 0 Å². The molecule has 164 valence electrons. The molecule has 29 heavy (non-hydrogen) atoms. The van der Waals surface area contributed by atoms with E-state index in [1.165, 1.54) is 136 Å². The third-order valence-electron chi connectivity index (χ3n) is 6.09. The van der Waals surface area contributed by atoms with Crippen LogP contribution in [0, 0.1) is 0 Å². The Morgan fingerprint density at radius 2 is 1.14 bits per heavy atom. The van der Waals surface area contributed by atoms with Gasteiger partial charge in [-0.05, 0) is 37.3 Å². The van der Waals surface area contributed by atoms with Crippen LogP contribution in [0.25, 0.3) is 10.2 Å². The molecule has 0 bridgehead atoms. The molecule has 1 nitrogen and oxygen atoms in total. The molecule has 0 saturated heterocycles. The van der Waals surface area contributed by atoms with Crippen molar-refractivity contribution in [1.82, 2.24) is 4.98 Å². The minimum Gasteiger partial charge on any atom is -0.241 e. The first-order valence-corrected chi connectivity index (χ1v) is 13.5. The van der Waals surface area contributed by atoms with Crippen molar-refractivity contribution in [2.24, 2.45) is 0 Å². The second-order valence-electron chi connectivity index (χ2n) is 8.82. The normalized spacial score (nSPS) is 11.5. The fraction of sp³-hybridized carbons (Fsp3) is 0.741.